The second-order valence-electron chi connectivity index (χ2n) is 4.99. The molecule has 3 nitrogen and oxygen atoms in total. The van der Waals surface area contributed by atoms with Crippen molar-refractivity contribution in [2.24, 2.45) is 5.73 Å². The second kappa shape index (κ2) is 7.88. The van der Waals surface area contributed by atoms with Crippen molar-refractivity contribution in [3.8, 4) is 0 Å². The lowest BCUT2D eigenvalue weighted by molar-refractivity contribution is -0.121. The number of hydrogen-bond donors (Lipinski definition) is 2. The molecule has 2 rings (SSSR count). The highest BCUT2D eigenvalue weighted by atomic mass is 79.9. The lowest BCUT2D eigenvalue weighted by atomic mass is 9.91. The van der Waals surface area contributed by atoms with Gasteiger partial charge in [0.1, 0.15) is 0 Å². The summed E-state index contributed by atoms with van der Waals surface area (Å²) in [7, 11) is 0. The van der Waals surface area contributed by atoms with Crippen molar-refractivity contribution in [2.45, 2.75) is 44.2 Å². The molecule has 0 aliphatic heterocycles. The summed E-state index contributed by atoms with van der Waals surface area (Å²) in [6.45, 7) is 0. The molecule has 0 unspecified atom stereocenters. The van der Waals surface area contributed by atoms with Crippen LogP contribution in [0.15, 0.2) is 28.7 Å². The van der Waals surface area contributed by atoms with Gasteiger partial charge in [-0.15, -0.1) is 12.4 Å². The van der Waals surface area contributed by atoms with Gasteiger partial charge < -0.3 is 11.1 Å². The van der Waals surface area contributed by atoms with Crippen molar-refractivity contribution in [3.63, 3.8) is 0 Å². The van der Waals surface area contributed by atoms with E-state index in [1.165, 1.54) is 0 Å². The number of halogens is 2. The molecule has 1 saturated carbocycles. The molecule has 0 atom stereocenters. The van der Waals surface area contributed by atoms with E-state index in [-0.39, 0.29) is 18.3 Å². The fraction of sp³-hybridized carbons (Fsp3) is 0.500. The maximum absolute atomic E-state index is 11.9. The third-order valence-corrected chi connectivity index (χ3v) is 3.88. The van der Waals surface area contributed by atoms with Crippen molar-refractivity contribution >= 4 is 34.2 Å². The number of rotatable bonds is 3. The van der Waals surface area contributed by atoms with E-state index in [4.69, 9.17) is 5.73 Å². The minimum absolute atomic E-state index is 0. The second-order valence-corrected chi connectivity index (χ2v) is 5.90. The standard InChI is InChI=1S/C14H19BrN2O.ClH/c15-11-3-1-2-10(8-11)9-14(18)17-13-6-4-12(16)5-7-13;/h1-3,8,12-13H,4-7,9,16H2,(H,17,18);1H. The van der Waals surface area contributed by atoms with Crippen LogP contribution in [0, 0.1) is 0 Å². The van der Waals surface area contributed by atoms with Crippen LogP contribution < -0.4 is 11.1 Å². The van der Waals surface area contributed by atoms with Crippen LogP contribution in [0.4, 0.5) is 0 Å². The average molecular weight is 348 g/mol. The van der Waals surface area contributed by atoms with Crippen LogP contribution in [0.1, 0.15) is 31.2 Å². The Balaban J connectivity index is 0.00000180. The van der Waals surface area contributed by atoms with E-state index >= 15 is 0 Å². The Bertz CT molecular complexity index is 420. The predicted molar refractivity (Wildman–Crippen MR) is 83.5 cm³/mol. The average Bonchev–Trinajstić information content (AvgIpc) is 2.32. The van der Waals surface area contributed by atoms with Gasteiger partial charge in [0.05, 0.1) is 6.42 Å². The minimum Gasteiger partial charge on any atom is -0.353 e. The summed E-state index contributed by atoms with van der Waals surface area (Å²) in [5, 5.41) is 3.10. The SMILES string of the molecule is Cl.NC1CCC(NC(=O)Cc2cccc(Br)c2)CC1. The monoisotopic (exact) mass is 346 g/mol. The molecule has 1 aromatic carbocycles. The van der Waals surface area contributed by atoms with E-state index in [2.05, 4.69) is 21.2 Å². The molecule has 1 aromatic rings. The number of hydrogen-bond acceptors (Lipinski definition) is 2. The topological polar surface area (TPSA) is 55.1 Å². The zero-order chi connectivity index (χ0) is 13.0. The first kappa shape index (κ1) is 16.5. The Hall–Kier alpha value is -0.580. The van der Waals surface area contributed by atoms with Gasteiger partial charge in [-0.2, -0.15) is 0 Å². The first-order valence-corrected chi connectivity index (χ1v) is 7.22. The minimum atomic E-state index is 0. The number of nitrogens with two attached hydrogens (primary N) is 1. The molecule has 19 heavy (non-hydrogen) atoms. The quantitative estimate of drug-likeness (QED) is 0.883. The van der Waals surface area contributed by atoms with Crippen molar-refractivity contribution in [1.82, 2.24) is 5.32 Å². The molecule has 1 fully saturated rings. The van der Waals surface area contributed by atoms with E-state index in [9.17, 15) is 4.79 Å². The normalized spacial score (nSPS) is 22.4. The van der Waals surface area contributed by atoms with Crippen LogP contribution in [0.25, 0.3) is 0 Å². The smallest absolute Gasteiger partial charge is 0.224 e. The number of amides is 1. The number of carbonyl (C=O) groups excluding carboxylic acids is 1. The molecular weight excluding hydrogens is 328 g/mol. The first-order valence-electron chi connectivity index (χ1n) is 6.43. The zero-order valence-electron chi connectivity index (χ0n) is 10.8. The van der Waals surface area contributed by atoms with Gasteiger partial charge in [-0.05, 0) is 43.4 Å². The summed E-state index contributed by atoms with van der Waals surface area (Å²) in [4.78, 5) is 11.9. The van der Waals surface area contributed by atoms with E-state index in [0.717, 1.165) is 35.7 Å². The Morgan fingerprint density at radius 2 is 2.00 bits per heavy atom. The summed E-state index contributed by atoms with van der Waals surface area (Å²) >= 11 is 3.41. The summed E-state index contributed by atoms with van der Waals surface area (Å²) in [6, 6.07) is 8.50. The van der Waals surface area contributed by atoms with Gasteiger partial charge in [0.2, 0.25) is 5.91 Å². The van der Waals surface area contributed by atoms with E-state index < -0.39 is 0 Å². The lowest BCUT2D eigenvalue weighted by Gasteiger charge is -2.26. The number of nitrogens with one attached hydrogen (secondary N) is 1. The summed E-state index contributed by atoms with van der Waals surface area (Å²) < 4.78 is 1.01. The zero-order valence-corrected chi connectivity index (χ0v) is 13.2. The highest BCUT2D eigenvalue weighted by molar-refractivity contribution is 9.10. The number of carbonyl (C=O) groups is 1. The van der Waals surface area contributed by atoms with Gasteiger partial charge in [-0.3, -0.25) is 4.79 Å². The Morgan fingerprint density at radius 3 is 2.63 bits per heavy atom. The summed E-state index contributed by atoms with van der Waals surface area (Å²) in [5.74, 6) is 0.105. The van der Waals surface area contributed by atoms with Gasteiger partial charge in [0.15, 0.2) is 0 Å². The van der Waals surface area contributed by atoms with Crippen LogP contribution in [-0.4, -0.2) is 18.0 Å². The van der Waals surface area contributed by atoms with Crippen LogP contribution in [-0.2, 0) is 11.2 Å². The highest BCUT2D eigenvalue weighted by Crippen LogP contribution is 2.17. The number of benzene rings is 1. The molecule has 0 heterocycles. The highest BCUT2D eigenvalue weighted by Gasteiger charge is 2.19. The maximum Gasteiger partial charge on any atom is 0.224 e. The Labute approximate surface area is 128 Å². The molecule has 0 aromatic heterocycles. The van der Waals surface area contributed by atoms with E-state index in [1.807, 2.05) is 24.3 Å². The molecule has 3 N–H and O–H groups in total. The summed E-state index contributed by atoms with van der Waals surface area (Å²) in [6.07, 6.45) is 4.49. The predicted octanol–water partition coefficient (Wildman–Crippen LogP) is 2.80. The van der Waals surface area contributed by atoms with Crippen LogP contribution in [0.5, 0.6) is 0 Å². The molecule has 106 valence electrons. The molecule has 0 saturated heterocycles. The van der Waals surface area contributed by atoms with Gasteiger partial charge in [-0.25, -0.2) is 0 Å². The third-order valence-electron chi connectivity index (χ3n) is 3.39. The van der Waals surface area contributed by atoms with Crippen LogP contribution in [0.2, 0.25) is 0 Å². The third kappa shape index (κ3) is 5.51. The fourth-order valence-electron chi connectivity index (χ4n) is 2.37. The molecule has 1 amide bonds. The van der Waals surface area contributed by atoms with Crippen LogP contribution >= 0.6 is 28.3 Å². The lowest BCUT2D eigenvalue weighted by Crippen LogP contribution is -2.41. The van der Waals surface area contributed by atoms with Crippen molar-refractivity contribution in [3.05, 3.63) is 34.3 Å². The molecule has 5 heteroatoms. The molecule has 0 bridgehead atoms. The van der Waals surface area contributed by atoms with Crippen molar-refractivity contribution in [2.75, 3.05) is 0 Å². The van der Waals surface area contributed by atoms with Crippen molar-refractivity contribution in [1.29, 1.82) is 0 Å². The van der Waals surface area contributed by atoms with Gasteiger partial charge >= 0.3 is 0 Å². The van der Waals surface area contributed by atoms with Gasteiger partial charge in [-0.1, -0.05) is 28.1 Å². The largest absolute Gasteiger partial charge is 0.353 e. The maximum atomic E-state index is 11.9. The summed E-state index contributed by atoms with van der Waals surface area (Å²) in [5.41, 5.74) is 6.89. The molecular formula is C14H20BrClN2O. The molecule has 1 aliphatic carbocycles. The Kier molecular flexibility index (Phi) is 6.83. The van der Waals surface area contributed by atoms with Crippen molar-refractivity contribution < 1.29 is 4.79 Å². The molecule has 0 spiro atoms. The Morgan fingerprint density at radius 1 is 1.32 bits per heavy atom. The molecule has 1 aliphatic rings. The van der Waals surface area contributed by atoms with Gasteiger partial charge in [0, 0.05) is 16.6 Å². The van der Waals surface area contributed by atoms with E-state index in [1.54, 1.807) is 0 Å². The van der Waals surface area contributed by atoms with E-state index in [0.29, 0.717) is 18.5 Å². The fourth-order valence-corrected chi connectivity index (χ4v) is 2.82. The van der Waals surface area contributed by atoms with Crippen LogP contribution in [0.3, 0.4) is 0 Å². The molecule has 0 radical (unpaired) electrons. The van der Waals surface area contributed by atoms with Gasteiger partial charge in [0.25, 0.3) is 0 Å². The first-order chi connectivity index (χ1) is 8.63.